The highest BCUT2D eigenvalue weighted by atomic mass is 16.5. The molecule has 1 aliphatic rings. The molecule has 0 unspecified atom stereocenters. The molecular formula is C18H29N3O3. The van der Waals surface area contributed by atoms with Crippen LogP contribution in [0.25, 0.3) is 0 Å². The first-order valence-electron chi connectivity index (χ1n) is 8.71. The van der Waals surface area contributed by atoms with E-state index in [9.17, 15) is 9.90 Å². The average molecular weight is 335 g/mol. The number of likely N-dealkylation sites (tertiary alicyclic amines) is 1. The number of amides is 2. The Morgan fingerprint density at radius 1 is 1.33 bits per heavy atom. The van der Waals surface area contributed by atoms with Gasteiger partial charge >= 0.3 is 6.03 Å². The molecule has 0 aromatic heterocycles. The average Bonchev–Trinajstić information content (AvgIpc) is 2.64. The number of hydrogen-bond donors (Lipinski definition) is 3. The van der Waals surface area contributed by atoms with E-state index in [0.29, 0.717) is 12.6 Å². The summed E-state index contributed by atoms with van der Waals surface area (Å²) in [7, 11) is 1.60. The zero-order valence-electron chi connectivity index (χ0n) is 14.6. The first-order valence-corrected chi connectivity index (χ1v) is 8.71. The molecule has 1 aromatic rings. The smallest absolute Gasteiger partial charge is 0.314 e. The standard InChI is InChI=1S/C18H29N3O3/c1-3-21-11-5-4-6-15(21)12-19-18(23)20-13-17(22)14-7-9-16(24-2)10-8-14/h7-10,15,17,22H,3-6,11-13H2,1-2H3,(H2,19,20,23)/t15-,17+/m0/s1. The first-order chi connectivity index (χ1) is 11.6. The molecule has 1 aliphatic heterocycles. The van der Waals surface area contributed by atoms with E-state index in [-0.39, 0.29) is 12.6 Å². The second-order valence-electron chi connectivity index (χ2n) is 6.16. The monoisotopic (exact) mass is 335 g/mol. The Hall–Kier alpha value is -1.79. The van der Waals surface area contributed by atoms with Crippen molar-refractivity contribution in [3.63, 3.8) is 0 Å². The van der Waals surface area contributed by atoms with Crippen LogP contribution in [0.5, 0.6) is 5.75 Å². The second-order valence-corrected chi connectivity index (χ2v) is 6.16. The molecule has 0 saturated carbocycles. The molecule has 3 N–H and O–H groups in total. The van der Waals surface area contributed by atoms with Gasteiger partial charge in [-0.1, -0.05) is 25.5 Å². The number of ether oxygens (including phenoxy) is 1. The molecule has 24 heavy (non-hydrogen) atoms. The molecule has 2 amide bonds. The number of aliphatic hydroxyl groups is 1. The number of nitrogens with zero attached hydrogens (tertiary/aromatic N) is 1. The van der Waals surface area contributed by atoms with Crippen molar-refractivity contribution >= 4 is 6.03 Å². The molecular weight excluding hydrogens is 306 g/mol. The Morgan fingerprint density at radius 3 is 2.75 bits per heavy atom. The van der Waals surface area contributed by atoms with Crippen LogP contribution in [0.4, 0.5) is 4.79 Å². The number of hydrogen-bond acceptors (Lipinski definition) is 4. The molecule has 0 radical (unpaired) electrons. The number of carbonyl (C=O) groups is 1. The molecule has 2 rings (SSSR count). The lowest BCUT2D eigenvalue weighted by molar-refractivity contribution is 0.151. The summed E-state index contributed by atoms with van der Waals surface area (Å²) >= 11 is 0. The van der Waals surface area contributed by atoms with Crippen molar-refractivity contribution in [2.24, 2.45) is 0 Å². The van der Waals surface area contributed by atoms with Gasteiger partial charge in [0.05, 0.1) is 13.2 Å². The predicted octanol–water partition coefficient (Wildman–Crippen LogP) is 1.90. The van der Waals surface area contributed by atoms with Gasteiger partial charge < -0.3 is 20.5 Å². The number of carbonyl (C=O) groups excluding carboxylic acids is 1. The van der Waals surface area contributed by atoms with E-state index in [1.807, 2.05) is 0 Å². The van der Waals surface area contributed by atoms with Crippen LogP contribution in [0, 0.1) is 0 Å². The van der Waals surface area contributed by atoms with Gasteiger partial charge in [-0.05, 0) is 43.6 Å². The van der Waals surface area contributed by atoms with E-state index in [1.54, 1.807) is 31.4 Å². The fraction of sp³-hybridized carbons (Fsp3) is 0.611. The number of benzene rings is 1. The number of urea groups is 1. The minimum absolute atomic E-state index is 0.181. The van der Waals surface area contributed by atoms with Gasteiger partial charge in [-0.15, -0.1) is 0 Å². The summed E-state index contributed by atoms with van der Waals surface area (Å²) in [6, 6.07) is 7.36. The van der Waals surface area contributed by atoms with Crippen molar-refractivity contribution in [3.05, 3.63) is 29.8 Å². The van der Waals surface area contributed by atoms with Crippen LogP contribution in [0.2, 0.25) is 0 Å². The molecule has 134 valence electrons. The van der Waals surface area contributed by atoms with Gasteiger partial charge in [0.1, 0.15) is 5.75 Å². The van der Waals surface area contributed by atoms with Crippen LogP contribution in [0.3, 0.4) is 0 Å². The summed E-state index contributed by atoms with van der Waals surface area (Å²) in [5.74, 6) is 0.740. The molecule has 1 aromatic carbocycles. The summed E-state index contributed by atoms with van der Waals surface area (Å²) < 4.78 is 5.09. The highest BCUT2D eigenvalue weighted by molar-refractivity contribution is 5.73. The minimum atomic E-state index is -0.733. The van der Waals surface area contributed by atoms with Crippen LogP contribution in [-0.4, -0.2) is 55.4 Å². The molecule has 0 spiro atoms. The van der Waals surface area contributed by atoms with Gasteiger partial charge in [-0.25, -0.2) is 4.79 Å². The van der Waals surface area contributed by atoms with E-state index in [4.69, 9.17) is 4.74 Å². The van der Waals surface area contributed by atoms with Gasteiger partial charge in [0, 0.05) is 19.1 Å². The SMILES string of the molecule is CCN1CCCC[C@H]1CNC(=O)NC[C@@H](O)c1ccc(OC)cc1. The maximum Gasteiger partial charge on any atom is 0.314 e. The Bertz CT molecular complexity index is 507. The van der Waals surface area contributed by atoms with Crippen LogP contribution >= 0.6 is 0 Å². The van der Waals surface area contributed by atoms with Crippen molar-refractivity contribution in [1.82, 2.24) is 15.5 Å². The van der Waals surface area contributed by atoms with Crippen LogP contribution < -0.4 is 15.4 Å². The maximum atomic E-state index is 11.9. The maximum absolute atomic E-state index is 11.9. The predicted molar refractivity (Wildman–Crippen MR) is 94.2 cm³/mol. The highest BCUT2D eigenvalue weighted by Gasteiger charge is 2.21. The van der Waals surface area contributed by atoms with Gasteiger partial charge in [0.15, 0.2) is 0 Å². The molecule has 1 heterocycles. The molecule has 0 bridgehead atoms. The molecule has 6 nitrogen and oxygen atoms in total. The molecule has 6 heteroatoms. The molecule has 2 atom stereocenters. The van der Waals surface area contributed by atoms with E-state index >= 15 is 0 Å². The second kappa shape index (κ2) is 9.49. The Balaban J connectivity index is 1.71. The van der Waals surface area contributed by atoms with Crippen molar-refractivity contribution in [2.45, 2.75) is 38.3 Å². The van der Waals surface area contributed by atoms with Gasteiger partial charge in [0.2, 0.25) is 0 Å². The van der Waals surface area contributed by atoms with Crippen molar-refractivity contribution < 1.29 is 14.6 Å². The van der Waals surface area contributed by atoms with E-state index in [2.05, 4.69) is 22.5 Å². The lowest BCUT2D eigenvalue weighted by atomic mass is 10.0. The largest absolute Gasteiger partial charge is 0.497 e. The highest BCUT2D eigenvalue weighted by Crippen LogP contribution is 2.17. The Labute approximate surface area is 144 Å². The third kappa shape index (κ3) is 5.39. The number of nitrogens with one attached hydrogen (secondary N) is 2. The number of aliphatic hydroxyl groups excluding tert-OH is 1. The van der Waals surface area contributed by atoms with E-state index in [0.717, 1.165) is 30.8 Å². The Kier molecular flexibility index (Phi) is 7.34. The Morgan fingerprint density at radius 2 is 2.08 bits per heavy atom. The summed E-state index contributed by atoms with van der Waals surface area (Å²) in [6.07, 6.45) is 2.86. The fourth-order valence-electron chi connectivity index (χ4n) is 3.11. The lowest BCUT2D eigenvalue weighted by Gasteiger charge is -2.34. The number of likely N-dealkylation sites (N-methyl/N-ethyl adjacent to an activating group) is 1. The normalized spacial score (nSPS) is 19.5. The minimum Gasteiger partial charge on any atom is -0.497 e. The van der Waals surface area contributed by atoms with Gasteiger partial charge in [-0.3, -0.25) is 4.90 Å². The zero-order chi connectivity index (χ0) is 17.4. The van der Waals surface area contributed by atoms with Crippen LogP contribution in [-0.2, 0) is 0 Å². The van der Waals surface area contributed by atoms with Gasteiger partial charge in [-0.2, -0.15) is 0 Å². The summed E-state index contributed by atoms with van der Waals surface area (Å²) in [5, 5.41) is 15.8. The van der Waals surface area contributed by atoms with Crippen molar-refractivity contribution in [1.29, 1.82) is 0 Å². The number of methoxy groups -OCH3 is 1. The van der Waals surface area contributed by atoms with E-state index in [1.165, 1.54) is 12.8 Å². The third-order valence-electron chi connectivity index (χ3n) is 4.61. The summed E-state index contributed by atoms with van der Waals surface area (Å²) in [4.78, 5) is 14.4. The van der Waals surface area contributed by atoms with Crippen LogP contribution in [0.1, 0.15) is 37.9 Å². The molecule has 1 fully saturated rings. The number of rotatable bonds is 7. The zero-order valence-corrected chi connectivity index (χ0v) is 14.6. The molecule has 1 saturated heterocycles. The van der Waals surface area contributed by atoms with Crippen molar-refractivity contribution in [2.75, 3.05) is 33.3 Å². The van der Waals surface area contributed by atoms with Crippen LogP contribution in [0.15, 0.2) is 24.3 Å². The van der Waals surface area contributed by atoms with Crippen molar-refractivity contribution in [3.8, 4) is 5.75 Å². The summed E-state index contributed by atoms with van der Waals surface area (Å²) in [6.45, 7) is 5.12. The first kappa shape index (κ1) is 18.5. The number of piperidine rings is 1. The fourth-order valence-corrected chi connectivity index (χ4v) is 3.11. The van der Waals surface area contributed by atoms with Gasteiger partial charge in [0.25, 0.3) is 0 Å². The topological polar surface area (TPSA) is 73.8 Å². The third-order valence-corrected chi connectivity index (χ3v) is 4.61. The van der Waals surface area contributed by atoms with E-state index < -0.39 is 6.10 Å². The quantitative estimate of drug-likeness (QED) is 0.711. The summed E-state index contributed by atoms with van der Waals surface area (Å²) in [5.41, 5.74) is 0.750. The lowest BCUT2D eigenvalue weighted by Crippen LogP contribution is -2.48. The molecule has 0 aliphatic carbocycles.